The Morgan fingerprint density at radius 1 is 1.56 bits per heavy atom. The highest BCUT2D eigenvalue weighted by Crippen LogP contribution is 2.23. The van der Waals surface area contributed by atoms with Crippen LogP contribution in [0.25, 0.3) is 0 Å². The number of primary sulfonamides is 1. The Morgan fingerprint density at radius 2 is 2.28 bits per heavy atom. The molecule has 0 aliphatic carbocycles. The van der Waals surface area contributed by atoms with Gasteiger partial charge in [0, 0.05) is 5.56 Å². The van der Waals surface area contributed by atoms with Crippen LogP contribution in [0.15, 0.2) is 28.1 Å². The number of halogens is 1. The maximum absolute atomic E-state index is 11.4. The van der Waals surface area contributed by atoms with Crippen LogP contribution >= 0.6 is 11.6 Å². The molecule has 2 rings (SSSR count). The van der Waals surface area contributed by atoms with Crippen molar-refractivity contribution in [1.82, 2.24) is 0 Å². The summed E-state index contributed by atoms with van der Waals surface area (Å²) in [6.45, 7) is 2.58. The van der Waals surface area contributed by atoms with E-state index in [0.29, 0.717) is 18.0 Å². The molecule has 0 bridgehead atoms. The van der Waals surface area contributed by atoms with Crippen LogP contribution in [0.2, 0.25) is 5.02 Å². The molecule has 0 fully saturated rings. The number of nitrogens with two attached hydrogens (primary N) is 1. The van der Waals surface area contributed by atoms with Gasteiger partial charge in [0.2, 0.25) is 15.9 Å². The van der Waals surface area contributed by atoms with Gasteiger partial charge in [0.25, 0.3) is 0 Å². The Balaban J connectivity index is 2.37. The molecule has 0 spiro atoms. The van der Waals surface area contributed by atoms with Crippen LogP contribution in [0.3, 0.4) is 0 Å². The molecule has 0 aromatic heterocycles. The van der Waals surface area contributed by atoms with Gasteiger partial charge in [-0.1, -0.05) is 18.5 Å². The molecule has 1 aromatic rings. The number of rotatable bonds is 3. The van der Waals surface area contributed by atoms with Crippen molar-refractivity contribution in [3.8, 4) is 0 Å². The van der Waals surface area contributed by atoms with E-state index in [4.69, 9.17) is 21.5 Å². The minimum Gasteiger partial charge on any atom is -0.472 e. The summed E-state index contributed by atoms with van der Waals surface area (Å²) in [5.41, 5.74) is 0.569. The van der Waals surface area contributed by atoms with E-state index in [2.05, 4.69) is 4.99 Å². The molecule has 0 saturated heterocycles. The minimum absolute atomic E-state index is 0.0496. The Hall–Kier alpha value is -1.11. The van der Waals surface area contributed by atoms with Crippen LogP contribution in [0, 0.1) is 0 Å². The van der Waals surface area contributed by atoms with Crippen molar-refractivity contribution >= 4 is 27.5 Å². The lowest BCUT2D eigenvalue weighted by molar-refractivity contribution is 0.220. The van der Waals surface area contributed by atoms with E-state index in [1.165, 1.54) is 12.1 Å². The molecule has 0 amide bonds. The second kappa shape index (κ2) is 4.87. The monoisotopic (exact) mass is 288 g/mol. The van der Waals surface area contributed by atoms with Gasteiger partial charge < -0.3 is 4.74 Å². The van der Waals surface area contributed by atoms with Gasteiger partial charge >= 0.3 is 0 Å². The summed E-state index contributed by atoms with van der Waals surface area (Å²) in [6, 6.07) is 4.52. The summed E-state index contributed by atoms with van der Waals surface area (Å²) in [4.78, 5) is 4.11. The van der Waals surface area contributed by atoms with E-state index in [1.807, 2.05) is 6.92 Å². The number of sulfonamides is 1. The summed E-state index contributed by atoms with van der Waals surface area (Å²) in [5, 5.41) is 5.18. The average molecular weight is 289 g/mol. The van der Waals surface area contributed by atoms with Crippen molar-refractivity contribution < 1.29 is 13.2 Å². The average Bonchev–Trinajstić information content (AvgIpc) is 2.76. The van der Waals surface area contributed by atoms with Crippen molar-refractivity contribution in [1.29, 1.82) is 0 Å². The van der Waals surface area contributed by atoms with E-state index in [0.717, 1.165) is 6.42 Å². The molecule has 7 heteroatoms. The first kappa shape index (κ1) is 13.3. The molecule has 98 valence electrons. The van der Waals surface area contributed by atoms with E-state index in [9.17, 15) is 8.42 Å². The molecule has 1 heterocycles. The quantitative estimate of drug-likeness (QED) is 0.916. The summed E-state index contributed by atoms with van der Waals surface area (Å²) >= 11 is 5.80. The van der Waals surface area contributed by atoms with Crippen LogP contribution in [0.1, 0.15) is 18.9 Å². The van der Waals surface area contributed by atoms with Gasteiger partial charge in [-0.2, -0.15) is 0 Å². The van der Waals surface area contributed by atoms with Gasteiger partial charge in [0.15, 0.2) is 0 Å². The first-order valence-corrected chi connectivity index (χ1v) is 7.38. The number of aliphatic imine (C=N–C) groups is 1. The highest BCUT2D eigenvalue weighted by atomic mass is 35.5. The fourth-order valence-corrected chi connectivity index (χ4v) is 2.71. The molecule has 2 N–H and O–H groups in total. The summed E-state index contributed by atoms with van der Waals surface area (Å²) in [7, 11) is -3.85. The smallest absolute Gasteiger partial charge is 0.239 e. The van der Waals surface area contributed by atoms with E-state index >= 15 is 0 Å². The maximum Gasteiger partial charge on any atom is 0.239 e. The second-order valence-corrected chi connectivity index (χ2v) is 5.92. The van der Waals surface area contributed by atoms with Crippen LogP contribution in [0.4, 0.5) is 0 Å². The van der Waals surface area contributed by atoms with E-state index in [1.54, 1.807) is 6.07 Å². The zero-order valence-electron chi connectivity index (χ0n) is 9.76. The van der Waals surface area contributed by atoms with Gasteiger partial charge in [0.05, 0.1) is 11.6 Å². The van der Waals surface area contributed by atoms with Crippen molar-refractivity contribution in [2.45, 2.75) is 24.3 Å². The number of ether oxygens (including phenoxy) is 1. The predicted octanol–water partition coefficient (Wildman–Crippen LogP) is 1.54. The molecule has 1 aliphatic heterocycles. The predicted molar refractivity (Wildman–Crippen MR) is 69.4 cm³/mol. The number of hydrogen-bond acceptors (Lipinski definition) is 4. The van der Waals surface area contributed by atoms with Crippen molar-refractivity contribution in [3.63, 3.8) is 0 Å². The Bertz CT molecular complexity index is 598. The summed E-state index contributed by atoms with van der Waals surface area (Å²) < 4.78 is 28.3. The Labute approximate surface area is 111 Å². The molecular weight excluding hydrogens is 276 g/mol. The largest absolute Gasteiger partial charge is 0.472 e. The standard InChI is InChI=1S/C11H13ClN2O3S/c1-2-8-6-14-11(17-8)7-3-4-9(12)10(5-7)18(13,15)16/h3-5,8H,2,6H2,1H3,(H2,13,15,16). The third-order valence-electron chi connectivity index (χ3n) is 2.66. The molecular formula is C11H13ClN2O3S. The van der Waals surface area contributed by atoms with E-state index < -0.39 is 10.0 Å². The maximum atomic E-state index is 11.4. The lowest BCUT2D eigenvalue weighted by Crippen LogP contribution is -2.15. The normalized spacial score (nSPS) is 19.5. The third-order valence-corrected chi connectivity index (χ3v) is 4.05. The Kier molecular flexibility index (Phi) is 3.61. The topological polar surface area (TPSA) is 81.8 Å². The fourth-order valence-electron chi connectivity index (χ4n) is 1.64. The Morgan fingerprint density at radius 3 is 2.83 bits per heavy atom. The fraction of sp³-hybridized carbons (Fsp3) is 0.364. The summed E-state index contributed by atoms with van der Waals surface area (Å²) in [6.07, 6.45) is 0.899. The lowest BCUT2D eigenvalue weighted by atomic mass is 10.2. The lowest BCUT2D eigenvalue weighted by Gasteiger charge is -2.09. The second-order valence-electron chi connectivity index (χ2n) is 3.98. The molecule has 18 heavy (non-hydrogen) atoms. The van der Waals surface area contributed by atoms with Gasteiger partial charge in [-0.3, -0.25) is 0 Å². The first-order valence-electron chi connectivity index (χ1n) is 5.45. The van der Waals surface area contributed by atoms with Crippen LogP contribution in [-0.2, 0) is 14.8 Å². The van der Waals surface area contributed by atoms with Gasteiger partial charge in [-0.15, -0.1) is 0 Å². The highest BCUT2D eigenvalue weighted by molar-refractivity contribution is 7.89. The molecule has 0 saturated carbocycles. The molecule has 1 unspecified atom stereocenters. The van der Waals surface area contributed by atoms with Gasteiger partial charge in [0.1, 0.15) is 11.0 Å². The number of nitrogens with zero attached hydrogens (tertiary/aromatic N) is 1. The third kappa shape index (κ3) is 2.66. The molecule has 1 aliphatic rings. The number of hydrogen-bond donors (Lipinski definition) is 1. The SMILES string of the molecule is CCC1CN=C(c2ccc(Cl)c(S(N)(=O)=O)c2)O1. The van der Waals surface area contributed by atoms with Crippen molar-refractivity contribution in [3.05, 3.63) is 28.8 Å². The van der Waals surface area contributed by atoms with Crippen molar-refractivity contribution in [2.75, 3.05) is 6.54 Å². The van der Waals surface area contributed by atoms with Gasteiger partial charge in [-0.25, -0.2) is 18.5 Å². The van der Waals surface area contributed by atoms with Crippen LogP contribution in [0.5, 0.6) is 0 Å². The molecule has 1 aromatic carbocycles. The summed E-state index contributed by atoms with van der Waals surface area (Å²) in [5.74, 6) is 0.434. The molecule has 5 nitrogen and oxygen atoms in total. The highest BCUT2D eigenvalue weighted by Gasteiger charge is 2.21. The zero-order chi connectivity index (χ0) is 13.3. The van der Waals surface area contributed by atoms with Crippen molar-refractivity contribution in [2.24, 2.45) is 10.1 Å². The first-order chi connectivity index (χ1) is 8.41. The van der Waals surface area contributed by atoms with E-state index in [-0.39, 0.29) is 16.0 Å². The van der Waals surface area contributed by atoms with Crippen LogP contribution < -0.4 is 5.14 Å². The molecule has 1 atom stereocenters. The molecule has 0 radical (unpaired) electrons. The zero-order valence-corrected chi connectivity index (χ0v) is 11.3. The van der Waals surface area contributed by atoms with Gasteiger partial charge in [-0.05, 0) is 24.6 Å². The van der Waals surface area contributed by atoms with Crippen LogP contribution in [-0.4, -0.2) is 27.0 Å². The minimum atomic E-state index is -3.85. The number of benzene rings is 1.